The molecule has 2 saturated heterocycles. The standard InChI is InChI=1S/C16H22ClN3O3S.ClH/c17-14-2-1-3-15(12-14)24(22,23)20-10-8-19(9-11-20)16(21)13-4-6-18-7-5-13;/h1-3,12-13,18H,4-11H2;1H. The van der Waals surface area contributed by atoms with Gasteiger partial charge >= 0.3 is 0 Å². The number of hydrogen-bond donors (Lipinski definition) is 1. The van der Waals surface area contributed by atoms with E-state index in [0.717, 1.165) is 25.9 Å². The molecule has 1 N–H and O–H groups in total. The SMILES string of the molecule is Cl.O=C(C1CCNCC1)N1CCN(S(=O)(=O)c2cccc(Cl)c2)CC1. The Morgan fingerprint density at radius 3 is 2.36 bits per heavy atom. The Morgan fingerprint density at radius 1 is 1.12 bits per heavy atom. The molecule has 2 aliphatic heterocycles. The van der Waals surface area contributed by atoms with Crippen LogP contribution in [0.1, 0.15) is 12.8 Å². The van der Waals surface area contributed by atoms with Crippen molar-refractivity contribution in [2.24, 2.45) is 5.92 Å². The molecule has 0 aliphatic carbocycles. The molecule has 1 amide bonds. The fourth-order valence-electron chi connectivity index (χ4n) is 3.25. The Balaban J connectivity index is 0.00000225. The van der Waals surface area contributed by atoms with Gasteiger partial charge in [-0.2, -0.15) is 4.31 Å². The molecule has 3 rings (SSSR count). The molecule has 0 atom stereocenters. The molecule has 6 nitrogen and oxygen atoms in total. The Morgan fingerprint density at radius 2 is 1.76 bits per heavy atom. The minimum absolute atomic E-state index is 0. The lowest BCUT2D eigenvalue weighted by atomic mass is 9.96. The normalized spacial score (nSPS) is 20.1. The van der Waals surface area contributed by atoms with E-state index in [0.29, 0.717) is 31.2 Å². The molecule has 0 saturated carbocycles. The lowest BCUT2D eigenvalue weighted by Crippen LogP contribution is -2.52. The molecule has 0 spiro atoms. The van der Waals surface area contributed by atoms with Crippen LogP contribution in [0.2, 0.25) is 5.02 Å². The zero-order chi connectivity index (χ0) is 17.2. The molecule has 0 radical (unpaired) electrons. The smallest absolute Gasteiger partial charge is 0.243 e. The van der Waals surface area contributed by atoms with Crippen LogP contribution in [0.25, 0.3) is 0 Å². The highest BCUT2D eigenvalue weighted by Gasteiger charge is 2.32. The Labute approximate surface area is 160 Å². The van der Waals surface area contributed by atoms with Crippen LogP contribution in [0, 0.1) is 5.92 Å². The third-order valence-corrected chi connectivity index (χ3v) is 6.80. The van der Waals surface area contributed by atoms with E-state index in [1.165, 1.54) is 10.4 Å². The number of nitrogens with zero attached hydrogens (tertiary/aromatic N) is 2. The van der Waals surface area contributed by atoms with Crippen molar-refractivity contribution in [2.45, 2.75) is 17.7 Å². The summed E-state index contributed by atoms with van der Waals surface area (Å²) in [5.41, 5.74) is 0. The first-order valence-corrected chi connectivity index (χ1v) is 10.1. The highest BCUT2D eigenvalue weighted by atomic mass is 35.5. The largest absolute Gasteiger partial charge is 0.340 e. The van der Waals surface area contributed by atoms with E-state index in [-0.39, 0.29) is 29.1 Å². The van der Waals surface area contributed by atoms with Crippen LogP contribution in [-0.4, -0.2) is 62.8 Å². The summed E-state index contributed by atoms with van der Waals surface area (Å²) in [6.07, 6.45) is 1.72. The van der Waals surface area contributed by atoms with Crippen molar-refractivity contribution >= 4 is 39.9 Å². The predicted molar refractivity (Wildman–Crippen MR) is 99.6 cm³/mol. The molecule has 9 heteroatoms. The van der Waals surface area contributed by atoms with E-state index < -0.39 is 10.0 Å². The highest BCUT2D eigenvalue weighted by Crippen LogP contribution is 2.22. The Bertz CT molecular complexity index is 700. The van der Waals surface area contributed by atoms with Gasteiger partial charge in [-0.3, -0.25) is 4.79 Å². The number of nitrogens with one attached hydrogen (secondary N) is 1. The molecular formula is C16H23Cl2N3O3S. The number of piperidine rings is 1. The maximum atomic E-state index is 12.7. The molecule has 0 unspecified atom stereocenters. The summed E-state index contributed by atoms with van der Waals surface area (Å²) in [5, 5.41) is 3.65. The fraction of sp³-hybridized carbons (Fsp3) is 0.562. The van der Waals surface area contributed by atoms with Gasteiger partial charge in [0.2, 0.25) is 15.9 Å². The van der Waals surface area contributed by atoms with Crippen LogP contribution in [-0.2, 0) is 14.8 Å². The predicted octanol–water partition coefficient (Wildman–Crippen LogP) is 1.59. The third kappa shape index (κ3) is 4.65. The van der Waals surface area contributed by atoms with Gasteiger partial charge in [-0.1, -0.05) is 17.7 Å². The van der Waals surface area contributed by atoms with Crippen LogP contribution in [0.3, 0.4) is 0 Å². The minimum atomic E-state index is -3.56. The topological polar surface area (TPSA) is 69.7 Å². The number of hydrogen-bond acceptors (Lipinski definition) is 4. The van der Waals surface area contributed by atoms with E-state index in [1.54, 1.807) is 23.1 Å². The molecule has 1 aromatic carbocycles. The van der Waals surface area contributed by atoms with Crippen molar-refractivity contribution in [1.29, 1.82) is 0 Å². The molecule has 2 aliphatic rings. The maximum Gasteiger partial charge on any atom is 0.243 e. The van der Waals surface area contributed by atoms with Gasteiger partial charge in [0, 0.05) is 37.1 Å². The molecule has 25 heavy (non-hydrogen) atoms. The van der Waals surface area contributed by atoms with Crippen molar-refractivity contribution in [2.75, 3.05) is 39.3 Å². The monoisotopic (exact) mass is 407 g/mol. The summed E-state index contributed by atoms with van der Waals surface area (Å²) in [6, 6.07) is 6.29. The highest BCUT2D eigenvalue weighted by molar-refractivity contribution is 7.89. The average molecular weight is 408 g/mol. The quantitative estimate of drug-likeness (QED) is 0.825. The second kappa shape index (κ2) is 8.68. The third-order valence-electron chi connectivity index (χ3n) is 4.67. The molecule has 140 valence electrons. The van der Waals surface area contributed by atoms with Crippen molar-refractivity contribution < 1.29 is 13.2 Å². The summed E-state index contributed by atoms with van der Waals surface area (Å²) in [6.45, 7) is 3.29. The molecular weight excluding hydrogens is 385 g/mol. The van der Waals surface area contributed by atoms with Gasteiger partial charge < -0.3 is 10.2 Å². The van der Waals surface area contributed by atoms with Crippen LogP contribution in [0.5, 0.6) is 0 Å². The van der Waals surface area contributed by atoms with Gasteiger partial charge in [0.05, 0.1) is 4.90 Å². The van der Waals surface area contributed by atoms with E-state index in [1.807, 2.05) is 0 Å². The average Bonchev–Trinajstić information content (AvgIpc) is 2.62. The van der Waals surface area contributed by atoms with Gasteiger partial charge in [0.15, 0.2) is 0 Å². The summed E-state index contributed by atoms with van der Waals surface area (Å²) in [4.78, 5) is 14.5. The van der Waals surface area contributed by atoms with Gasteiger partial charge in [-0.05, 0) is 44.1 Å². The minimum Gasteiger partial charge on any atom is -0.340 e. The number of carbonyl (C=O) groups excluding carboxylic acids is 1. The number of halogens is 2. The van der Waals surface area contributed by atoms with E-state index in [4.69, 9.17) is 11.6 Å². The number of piperazine rings is 1. The molecule has 1 aromatic rings. The summed E-state index contributed by atoms with van der Waals surface area (Å²) < 4.78 is 26.8. The van der Waals surface area contributed by atoms with Gasteiger partial charge in [-0.15, -0.1) is 12.4 Å². The molecule has 0 aromatic heterocycles. The van der Waals surface area contributed by atoms with E-state index >= 15 is 0 Å². The first-order valence-electron chi connectivity index (χ1n) is 8.24. The summed E-state index contributed by atoms with van der Waals surface area (Å²) in [5.74, 6) is 0.235. The van der Waals surface area contributed by atoms with Gasteiger partial charge in [0.25, 0.3) is 0 Å². The van der Waals surface area contributed by atoms with Crippen LogP contribution in [0.15, 0.2) is 29.2 Å². The number of carbonyl (C=O) groups is 1. The lowest BCUT2D eigenvalue weighted by Gasteiger charge is -2.36. The zero-order valence-electron chi connectivity index (χ0n) is 13.9. The van der Waals surface area contributed by atoms with Crippen LogP contribution in [0.4, 0.5) is 0 Å². The number of sulfonamides is 1. The van der Waals surface area contributed by atoms with Crippen molar-refractivity contribution in [3.05, 3.63) is 29.3 Å². The fourth-order valence-corrected chi connectivity index (χ4v) is 4.98. The molecule has 2 fully saturated rings. The number of benzene rings is 1. The van der Waals surface area contributed by atoms with Crippen molar-refractivity contribution in [3.63, 3.8) is 0 Å². The zero-order valence-corrected chi connectivity index (χ0v) is 16.2. The second-order valence-corrected chi connectivity index (χ2v) is 8.59. The summed E-state index contributed by atoms with van der Waals surface area (Å²) >= 11 is 5.90. The van der Waals surface area contributed by atoms with Crippen molar-refractivity contribution in [3.8, 4) is 0 Å². The first kappa shape index (κ1) is 20.5. The Kier molecular flexibility index (Phi) is 7.10. The van der Waals surface area contributed by atoms with Crippen LogP contribution >= 0.6 is 24.0 Å². The van der Waals surface area contributed by atoms with E-state index in [9.17, 15) is 13.2 Å². The molecule has 0 bridgehead atoms. The lowest BCUT2D eigenvalue weighted by molar-refractivity contribution is -0.137. The number of rotatable bonds is 3. The maximum absolute atomic E-state index is 12.7. The van der Waals surface area contributed by atoms with Gasteiger partial charge in [0.1, 0.15) is 0 Å². The van der Waals surface area contributed by atoms with E-state index in [2.05, 4.69) is 5.32 Å². The van der Waals surface area contributed by atoms with Gasteiger partial charge in [-0.25, -0.2) is 8.42 Å². The Hall–Kier alpha value is -0.860. The number of amides is 1. The molecule has 2 heterocycles. The van der Waals surface area contributed by atoms with Crippen molar-refractivity contribution in [1.82, 2.24) is 14.5 Å². The first-order chi connectivity index (χ1) is 11.5. The summed E-state index contributed by atoms with van der Waals surface area (Å²) in [7, 11) is -3.56. The second-order valence-electron chi connectivity index (χ2n) is 6.21. The van der Waals surface area contributed by atoms with Crippen LogP contribution < -0.4 is 5.32 Å².